The standard InChI is InChI=1S/C14H24N4O3/c1-8(2)6-12(13(19)20)16-14(21)15-7-11-9(3)17-18(5)10(11)4/h8,12H,6-7H2,1-5H3,(H,19,20)(H2,15,16,21). The van der Waals surface area contributed by atoms with E-state index in [1.807, 2.05) is 34.7 Å². The third kappa shape index (κ3) is 4.77. The van der Waals surface area contributed by atoms with E-state index in [1.54, 1.807) is 4.68 Å². The maximum Gasteiger partial charge on any atom is 0.326 e. The van der Waals surface area contributed by atoms with E-state index in [4.69, 9.17) is 5.11 Å². The summed E-state index contributed by atoms with van der Waals surface area (Å²) >= 11 is 0. The van der Waals surface area contributed by atoms with Crippen molar-refractivity contribution in [2.45, 2.75) is 46.7 Å². The minimum atomic E-state index is -1.02. The number of carboxylic acid groups (broad SMARTS) is 1. The quantitative estimate of drug-likeness (QED) is 0.738. The Morgan fingerprint density at radius 3 is 2.38 bits per heavy atom. The first-order valence-corrected chi connectivity index (χ1v) is 6.98. The summed E-state index contributed by atoms with van der Waals surface area (Å²) in [6, 6.07) is -1.35. The number of aliphatic carboxylic acids is 1. The van der Waals surface area contributed by atoms with E-state index in [0.29, 0.717) is 13.0 Å². The molecule has 0 aromatic carbocycles. The number of hydrogen-bond acceptors (Lipinski definition) is 3. The number of carbonyl (C=O) groups excluding carboxylic acids is 1. The van der Waals surface area contributed by atoms with E-state index in [2.05, 4.69) is 15.7 Å². The van der Waals surface area contributed by atoms with Crippen molar-refractivity contribution in [3.8, 4) is 0 Å². The van der Waals surface area contributed by atoms with Gasteiger partial charge >= 0.3 is 12.0 Å². The predicted octanol–water partition coefficient (Wildman–Crippen LogP) is 1.34. The maximum atomic E-state index is 11.8. The fourth-order valence-corrected chi connectivity index (χ4v) is 2.14. The van der Waals surface area contributed by atoms with Crippen LogP contribution in [0.5, 0.6) is 0 Å². The average Bonchev–Trinajstić information content (AvgIpc) is 2.60. The van der Waals surface area contributed by atoms with Gasteiger partial charge in [0.25, 0.3) is 0 Å². The van der Waals surface area contributed by atoms with E-state index in [1.165, 1.54) is 0 Å². The zero-order chi connectivity index (χ0) is 16.2. The minimum Gasteiger partial charge on any atom is -0.480 e. The van der Waals surface area contributed by atoms with Gasteiger partial charge in [-0.1, -0.05) is 13.8 Å². The number of rotatable bonds is 6. The molecule has 7 nitrogen and oxygen atoms in total. The summed E-state index contributed by atoms with van der Waals surface area (Å²) < 4.78 is 1.75. The Hall–Kier alpha value is -2.05. The third-order valence-electron chi connectivity index (χ3n) is 3.40. The fraction of sp³-hybridized carbons (Fsp3) is 0.643. The lowest BCUT2D eigenvalue weighted by Crippen LogP contribution is -2.46. The molecule has 0 saturated heterocycles. The monoisotopic (exact) mass is 296 g/mol. The van der Waals surface area contributed by atoms with Gasteiger partial charge in [0.2, 0.25) is 0 Å². The van der Waals surface area contributed by atoms with E-state index < -0.39 is 18.0 Å². The Morgan fingerprint density at radius 1 is 1.33 bits per heavy atom. The van der Waals surface area contributed by atoms with Crippen molar-refractivity contribution in [3.63, 3.8) is 0 Å². The molecule has 1 unspecified atom stereocenters. The first-order chi connectivity index (χ1) is 9.72. The molecule has 118 valence electrons. The minimum absolute atomic E-state index is 0.189. The molecule has 0 aliphatic carbocycles. The molecule has 1 heterocycles. The van der Waals surface area contributed by atoms with E-state index in [-0.39, 0.29) is 5.92 Å². The lowest BCUT2D eigenvalue weighted by Gasteiger charge is -2.17. The second-order valence-electron chi connectivity index (χ2n) is 5.62. The van der Waals surface area contributed by atoms with Gasteiger partial charge in [0.05, 0.1) is 5.69 Å². The Kier molecular flexibility index (Phi) is 5.75. The number of hydrogen-bond donors (Lipinski definition) is 3. The molecule has 0 saturated carbocycles. The van der Waals surface area contributed by atoms with E-state index in [0.717, 1.165) is 17.0 Å². The molecule has 1 atom stereocenters. The van der Waals surface area contributed by atoms with Crippen molar-refractivity contribution >= 4 is 12.0 Å². The van der Waals surface area contributed by atoms with Crippen LogP contribution in [0.25, 0.3) is 0 Å². The Morgan fingerprint density at radius 2 is 1.95 bits per heavy atom. The van der Waals surface area contributed by atoms with Crippen LogP contribution in [0.1, 0.15) is 37.2 Å². The SMILES string of the molecule is Cc1nn(C)c(C)c1CNC(=O)NC(CC(C)C)C(=O)O. The first kappa shape index (κ1) is 17.0. The fourth-order valence-electron chi connectivity index (χ4n) is 2.14. The average molecular weight is 296 g/mol. The second kappa shape index (κ2) is 7.10. The van der Waals surface area contributed by atoms with Gasteiger partial charge in [0.1, 0.15) is 6.04 Å². The molecular formula is C14H24N4O3. The molecule has 0 radical (unpaired) electrons. The van der Waals surface area contributed by atoms with Gasteiger partial charge in [0, 0.05) is 24.8 Å². The lowest BCUT2D eigenvalue weighted by atomic mass is 10.0. The molecule has 0 fully saturated rings. The van der Waals surface area contributed by atoms with Gasteiger partial charge in [-0.25, -0.2) is 9.59 Å². The molecule has 0 bridgehead atoms. The Bertz CT molecular complexity index is 523. The molecule has 2 amide bonds. The highest BCUT2D eigenvalue weighted by molar-refractivity contribution is 5.82. The third-order valence-corrected chi connectivity index (χ3v) is 3.40. The van der Waals surface area contributed by atoms with Crippen LogP contribution >= 0.6 is 0 Å². The van der Waals surface area contributed by atoms with Crippen molar-refractivity contribution in [1.29, 1.82) is 0 Å². The second-order valence-corrected chi connectivity index (χ2v) is 5.62. The number of carbonyl (C=O) groups is 2. The number of carboxylic acids is 1. The van der Waals surface area contributed by atoms with Crippen LogP contribution in [0.2, 0.25) is 0 Å². The van der Waals surface area contributed by atoms with Gasteiger partial charge in [-0.3, -0.25) is 4.68 Å². The van der Waals surface area contributed by atoms with Crippen LogP contribution in [0.4, 0.5) is 4.79 Å². The number of aromatic nitrogens is 2. The van der Waals surface area contributed by atoms with Gasteiger partial charge in [-0.05, 0) is 26.2 Å². The molecule has 1 aromatic rings. The van der Waals surface area contributed by atoms with Crippen LogP contribution in [0, 0.1) is 19.8 Å². The highest BCUT2D eigenvalue weighted by atomic mass is 16.4. The largest absolute Gasteiger partial charge is 0.480 e. The molecular weight excluding hydrogens is 272 g/mol. The van der Waals surface area contributed by atoms with Crippen molar-refractivity contribution < 1.29 is 14.7 Å². The smallest absolute Gasteiger partial charge is 0.326 e. The molecule has 0 spiro atoms. The summed E-state index contributed by atoms with van der Waals surface area (Å²) in [6.45, 7) is 7.95. The van der Waals surface area contributed by atoms with Crippen LogP contribution in [-0.4, -0.2) is 32.9 Å². The van der Waals surface area contributed by atoms with Gasteiger partial charge < -0.3 is 15.7 Å². The van der Waals surface area contributed by atoms with Crippen LogP contribution < -0.4 is 10.6 Å². The molecule has 1 rings (SSSR count). The highest BCUT2D eigenvalue weighted by Gasteiger charge is 2.21. The normalized spacial score (nSPS) is 12.3. The van der Waals surface area contributed by atoms with Crippen molar-refractivity contribution in [2.24, 2.45) is 13.0 Å². The zero-order valence-corrected chi connectivity index (χ0v) is 13.2. The number of aryl methyl sites for hydroxylation is 2. The van der Waals surface area contributed by atoms with Gasteiger partial charge in [0.15, 0.2) is 0 Å². The molecule has 0 aliphatic heterocycles. The summed E-state index contributed by atoms with van der Waals surface area (Å²) in [5, 5.41) is 18.5. The van der Waals surface area contributed by atoms with Gasteiger partial charge in [-0.15, -0.1) is 0 Å². The number of nitrogens with zero attached hydrogens (tertiary/aromatic N) is 2. The molecule has 0 aliphatic rings. The van der Waals surface area contributed by atoms with Gasteiger partial charge in [-0.2, -0.15) is 5.10 Å². The topological polar surface area (TPSA) is 96.3 Å². The van der Waals surface area contributed by atoms with Crippen molar-refractivity contribution in [3.05, 3.63) is 17.0 Å². The number of amides is 2. The summed E-state index contributed by atoms with van der Waals surface area (Å²) in [5.41, 5.74) is 2.78. The van der Waals surface area contributed by atoms with Crippen LogP contribution in [-0.2, 0) is 18.4 Å². The summed E-state index contributed by atoms with van der Waals surface area (Å²) in [4.78, 5) is 22.9. The van der Waals surface area contributed by atoms with Crippen molar-refractivity contribution in [1.82, 2.24) is 20.4 Å². The maximum absolute atomic E-state index is 11.8. The van der Waals surface area contributed by atoms with Crippen LogP contribution in [0.15, 0.2) is 0 Å². The summed E-state index contributed by atoms with van der Waals surface area (Å²) in [5.74, 6) is -0.832. The molecule has 7 heteroatoms. The lowest BCUT2D eigenvalue weighted by molar-refractivity contribution is -0.139. The molecule has 1 aromatic heterocycles. The van der Waals surface area contributed by atoms with Crippen LogP contribution in [0.3, 0.4) is 0 Å². The van der Waals surface area contributed by atoms with Crippen molar-refractivity contribution in [2.75, 3.05) is 0 Å². The summed E-state index contributed by atoms with van der Waals surface area (Å²) in [6.07, 6.45) is 0.397. The first-order valence-electron chi connectivity index (χ1n) is 6.98. The number of nitrogens with one attached hydrogen (secondary N) is 2. The van der Waals surface area contributed by atoms with E-state index >= 15 is 0 Å². The highest BCUT2D eigenvalue weighted by Crippen LogP contribution is 2.11. The summed E-state index contributed by atoms with van der Waals surface area (Å²) in [7, 11) is 1.84. The Labute approximate surface area is 124 Å². The van der Waals surface area contributed by atoms with E-state index in [9.17, 15) is 9.59 Å². The molecule has 21 heavy (non-hydrogen) atoms. The molecule has 3 N–H and O–H groups in total. The Balaban J connectivity index is 2.59. The predicted molar refractivity (Wildman–Crippen MR) is 78.9 cm³/mol. The zero-order valence-electron chi connectivity index (χ0n) is 13.2. The number of urea groups is 1.